The van der Waals surface area contributed by atoms with Gasteiger partial charge >= 0.3 is 5.97 Å². The van der Waals surface area contributed by atoms with Crippen molar-refractivity contribution in [3.8, 4) is 17.6 Å². The zero-order valence-electron chi connectivity index (χ0n) is 22.1. The standard InChI is InChI=1S/C30H26BrN3O5S/c1-4-19-9-11-23(12-10-19)34-29(36)25(33(30(34)40)17-28(35)38-3)13-22-14-26(37-2)27(15-24(22)31)39-18-21-8-6-5-7-20(21)16-32/h5-15H,4,17-18H2,1-3H3/b25-13-. The number of rotatable bonds is 9. The maximum Gasteiger partial charge on any atom is 0.325 e. The molecule has 10 heteroatoms. The first-order chi connectivity index (χ1) is 19.3. The summed E-state index contributed by atoms with van der Waals surface area (Å²) in [6, 6.07) is 20.3. The van der Waals surface area contributed by atoms with Gasteiger partial charge in [0.05, 0.1) is 31.5 Å². The molecule has 3 aromatic carbocycles. The Bertz CT molecular complexity index is 1530. The number of nitriles is 1. The maximum absolute atomic E-state index is 13.7. The molecule has 0 aromatic heterocycles. The molecular weight excluding hydrogens is 594 g/mol. The van der Waals surface area contributed by atoms with Crippen LogP contribution in [0.3, 0.4) is 0 Å². The summed E-state index contributed by atoms with van der Waals surface area (Å²) < 4.78 is 17.0. The van der Waals surface area contributed by atoms with Crippen molar-refractivity contribution in [2.45, 2.75) is 20.0 Å². The van der Waals surface area contributed by atoms with E-state index in [0.29, 0.717) is 32.8 Å². The van der Waals surface area contributed by atoms with Crippen LogP contribution in [0, 0.1) is 11.3 Å². The van der Waals surface area contributed by atoms with Gasteiger partial charge in [0.2, 0.25) is 0 Å². The van der Waals surface area contributed by atoms with Gasteiger partial charge in [-0.1, -0.05) is 53.2 Å². The smallest absolute Gasteiger partial charge is 0.325 e. The predicted molar refractivity (Wildman–Crippen MR) is 159 cm³/mol. The van der Waals surface area contributed by atoms with Crippen molar-refractivity contribution in [2.24, 2.45) is 0 Å². The quantitative estimate of drug-likeness (QED) is 0.173. The van der Waals surface area contributed by atoms with E-state index in [1.807, 2.05) is 43.3 Å². The number of benzene rings is 3. The van der Waals surface area contributed by atoms with Crippen molar-refractivity contribution < 1.29 is 23.8 Å². The number of hydrogen-bond acceptors (Lipinski definition) is 7. The molecule has 8 nitrogen and oxygen atoms in total. The number of nitrogens with zero attached hydrogens (tertiary/aromatic N) is 3. The molecule has 0 N–H and O–H groups in total. The number of hydrogen-bond donors (Lipinski definition) is 0. The third-order valence-corrected chi connectivity index (χ3v) is 7.44. The van der Waals surface area contributed by atoms with Crippen LogP contribution in [0.5, 0.6) is 11.5 Å². The van der Waals surface area contributed by atoms with E-state index >= 15 is 0 Å². The largest absolute Gasteiger partial charge is 0.493 e. The number of thiocarbonyl (C=S) groups is 1. The van der Waals surface area contributed by atoms with Gasteiger partial charge in [0.15, 0.2) is 16.6 Å². The van der Waals surface area contributed by atoms with Crippen molar-refractivity contribution in [1.82, 2.24) is 4.90 Å². The summed E-state index contributed by atoms with van der Waals surface area (Å²) in [5, 5.41) is 9.53. The Morgan fingerprint density at radius 2 is 1.82 bits per heavy atom. The zero-order chi connectivity index (χ0) is 28.8. The van der Waals surface area contributed by atoms with Gasteiger partial charge in [-0.3, -0.25) is 14.5 Å². The molecule has 0 unspecified atom stereocenters. The van der Waals surface area contributed by atoms with Crippen molar-refractivity contribution in [3.05, 3.63) is 93.1 Å². The van der Waals surface area contributed by atoms with E-state index in [4.69, 9.17) is 26.4 Å². The van der Waals surface area contributed by atoms with E-state index in [1.54, 1.807) is 30.3 Å². The number of amides is 1. The van der Waals surface area contributed by atoms with Gasteiger partial charge in [0.25, 0.3) is 5.91 Å². The topological polar surface area (TPSA) is 92.1 Å². The zero-order valence-corrected chi connectivity index (χ0v) is 24.5. The molecule has 1 heterocycles. The van der Waals surface area contributed by atoms with Gasteiger partial charge in [0, 0.05) is 10.0 Å². The van der Waals surface area contributed by atoms with E-state index in [9.17, 15) is 14.9 Å². The van der Waals surface area contributed by atoms with Crippen molar-refractivity contribution in [1.29, 1.82) is 5.26 Å². The number of carbonyl (C=O) groups is 2. The molecule has 1 aliphatic heterocycles. The molecule has 40 heavy (non-hydrogen) atoms. The van der Waals surface area contributed by atoms with Crippen molar-refractivity contribution >= 4 is 56.9 Å². The molecule has 1 saturated heterocycles. The van der Waals surface area contributed by atoms with E-state index < -0.39 is 5.97 Å². The minimum Gasteiger partial charge on any atom is -0.493 e. The summed E-state index contributed by atoms with van der Waals surface area (Å²) in [4.78, 5) is 28.8. The molecule has 0 spiro atoms. The van der Waals surface area contributed by atoms with Crippen molar-refractivity contribution in [2.75, 3.05) is 25.7 Å². The number of ether oxygens (including phenoxy) is 3. The summed E-state index contributed by atoms with van der Waals surface area (Å²) in [6.07, 6.45) is 2.50. The van der Waals surface area contributed by atoms with Crippen LogP contribution >= 0.6 is 28.1 Å². The van der Waals surface area contributed by atoms with Gasteiger partial charge in [-0.2, -0.15) is 5.26 Å². The number of methoxy groups -OCH3 is 2. The third-order valence-electron chi connectivity index (χ3n) is 6.35. The van der Waals surface area contributed by atoms with Gasteiger partial charge < -0.3 is 19.1 Å². The maximum atomic E-state index is 13.7. The first-order valence-electron chi connectivity index (χ1n) is 12.3. The highest BCUT2D eigenvalue weighted by molar-refractivity contribution is 9.10. The van der Waals surface area contributed by atoms with Crippen LogP contribution in [0.25, 0.3) is 6.08 Å². The summed E-state index contributed by atoms with van der Waals surface area (Å²) in [5.74, 6) is -0.0506. The van der Waals surface area contributed by atoms with E-state index in [-0.39, 0.29) is 29.9 Å². The summed E-state index contributed by atoms with van der Waals surface area (Å²) in [7, 11) is 2.79. The number of esters is 1. The lowest BCUT2D eigenvalue weighted by Gasteiger charge is -2.19. The molecule has 0 radical (unpaired) electrons. The van der Waals surface area contributed by atoms with Crippen LogP contribution in [0.2, 0.25) is 0 Å². The Balaban J connectivity index is 1.70. The molecule has 1 aliphatic rings. The summed E-state index contributed by atoms with van der Waals surface area (Å²) in [6.45, 7) is 1.98. The van der Waals surface area contributed by atoms with Crippen LogP contribution in [0.1, 0.15) is 29.2 Å². The first kappa shape index (κ1) is 28.8. The SMILES string of the molecule is CCc1ccc(N2C(=O)/C(=C/c3cc(OC)c(OCc4ccccc4C#N)cc3Br)N(CC(=O)OC)C2=S)cc1. The number of carbonyl (C=O) groups excluding carboxylic acids is 2. The van der Waals surface area contributed by atoms with Gasteiger partial charge in [-0.25, -0.2) is 0 Å². The molecule has 1 amide bonds. The number of halogens is 1. The lowest BCUT2D eigenvalue weighted by atomic mass is 10.1. The highest BCUT2D eigenvalue weighted by atomic mass is 79.9. The lowest BCUT2D eigenvalue weighted by molar-refractivity contribution is -0.140. The Kier molecular flexibility index (Phi) is 9.19. The van der Waals surface area contributed by atoms with E-state index in [2.05, 4.69) is 22.0 Å². The summed E-state index contributed by atoms with van der Waals surface area (Å²) >= 11 is 9.22. The average molecular weight is 621 g/mol. The lowest BCUT2D eigenvalue weighted by Crippen LogP contribution is -2.35. The second kappa shape index (κ2) is 12.8. The molecule has 1 fully saturated rings. The van der Waals surface area contributed by atoms with Gasteiger partial charge in [-0.15, -0.1) is 0 Å². The van der Waals surface area contributed by atoms with Gasteiger partial charge in [0.1, 0.15) is 18.8 Å². The van der Waals surface area contributed by atoms with Crippen LogP contribution in [0.15, 0.2) is 70.8 Å². The minimum atomic E-state index is -0.540. The number of anilines is 1. The molecule has 204 valence electrons. The fourth-order valence-electron chi connectivity index (χ4n) is 4.13. The highest BCUT2D eigenvalue weighted by Crippen LogP contribution is 2.37. The second-order valence-corrected chi connectivity index (χ2v) is 9.94. The minimum absolute atomic E-state index is 0.165. The van der Waals surface area contributed by atoms with Crippen LogP contribution < -0.4 is 14.4 Å². The fourth-order valence-corrected chi connectivity index (χ4v) is 4.92. The number of aryl methyl sites for hydroxylation is 1. The average Bonchev–Trinajstić information content (AvgIpc) is 3.20. The first-order valence-corrected chi connectivity index (χ1v) is 13.5. The molecule has 0 saturated carbocycles. The molecule has 0 atom stereocenters. The monoisotopic (exact) mass is 619 g/mol. The van der Waals surface area contributed by atoms with Crippen LogP contribution in [-0.4, -0.2) is 42.7 Å². The molecular formula is C30H26BrN3O5S. The Hall–Kier alpha value is -4.20. The molecule has 3 aromatic rings. The second-order valence-electron chi connectivity index (χ2n) is 8.72. The normalized spacial score (nSPS) is 13.9. The predicted octanol–water partition coefficient (Wildman–Crippen LogP) is 5.62. The molecule has 4 rings (SSSR count). The third kappa shape index (κ3) is 6.01. The van der Waals surface area contributed by atoms with E-state index in [0.717, 1.165) is 17.5 Å². The highest BCUT2D eigenvalue weighted by Gasteiger charge is 2.40. The Morgan fingerprint density at radius 3 is 2.48 bits per heavy atom. The summed E-state index contributed by atoms with van der Waals surface area (Å²) in [5.41, 5.74) is 3.80. The Morgan fingerprint density at radius 1 is 1.10 bits per heavy atom. The van der Waals surface area contributed by atoms with Crippen LogP contribution in [0.4, 0.5) is 5.69 Å². The Labute approximate surface area is 246 Å². The molecule has 0 aliphatic carbocycles. The van der Waals surface area contributed by atoms with Crippen molar-refractivity contribution in [3.63, 3.8) is 0 Å². The van der Waals surface area contributed by atoms with Crippen LogP contribution in [-0.2, 0) is 27.4 Å². The fraction of sp³-hybridized carbons (Fsp3) is 0.200. The van der Waals surface area contributed by atoms with E-state index in [1.165, 1.54) is 24.0 Å². The van der Waals surface area contributed by atoms with Gasteiger partial charge in [-0.05, 0) is 66.2 Å². The molecule has 0 bridgehead atoms.